The third-order valence-electron chi connectivity index (χ3n) is 20.8. The predicted molar refractivity (Wildman–Crippen MR) is 421 cm³/mol. The zero-order valence-electron chi connectivity index (χ0n) is 63.2. The number of benzene rings is 6. The number of hydrogen-bond acceptors (Lipinski definition) is 13. The number of carboxylic acids is 1. The van der Waals surface area contributed by atoms with Crippen molar-refractivity contribution in [3.05, 3.63) is 196 Å². The first-order valence-corrected chi connectivity index (χ1v) is 39.6. The Morgan fingerprint density at radius 3 is 1.14 bits per heavy atom. The molecule has 0 spiro atoms. The summed E-state index contributed by atoms with van der Waals surface area (Å²) in [7, 11) is 0. The number of carbonyl (C=O) groups excluding carboxylic acids is 7. The van der Waals surface area contributed by atoms with Crippen LogP contribution in [0.5, 0.6) is 0 Å². The molecule has 0 aromatic heterocycles. The van der Waals surface area contributed by atoms with Gasteiger partial charge in [0.2, 0.25) is 35.4 Å². The van der Waals surface area contributed by atoms with Crippen LogP contribution in [0.25, 0.3) is 0 Å². The number of aryl methyl sites for hydroxylation is 3. The van der Waals surface area contributed by atoms with Crippen molar-refractivity contribution in [2.75, 3.05) is 105 Å². The molecule has 0 radical (unpaired) electrons. The molecule has 110 heavy (non-hydrogen) atoms. The highest BCUT2D eigenvalue weighted by Gasteiger charge is 2.40. The summed E-state index contributed by atoms with van der Waals surface area (Å²) in [4.78, 5) is 114. The second-order valence-corrected chi connectivity index (χ2v) is 29.4. The van der Waals surface area contributed by atoms with E-state index < -0.39 is 47.5 Å². The van der Waals surface area contributed by atoms with Crippen LogP contribution in [-0.4, -0.2) is 182 Å². The molecular weight excluding hydrogens is 1450 g/mol. The molecule has 6 fully saturated rings. The van der Waals surface area contributed by atoms with E-state index in [4.69, 9.17) is 37.8 Å². The van der Waals surface area contributed by atoms with E-state index in [2.05, 4.69) is 26.2 Å². The van der Waals surface area contributed by atoms with Gasteiger partial charge in [-0.2, -0.15) is 0 Å². The number of ether oxygens (including phenoxy) is 2. The van der Waals surface area contributed by atoms with Gasteiger partial charge >= 0.3 is 12.1 Å². The smallest absolute Gasteiger partial charge is 0.410 e. The van der Waals surface area contributed by atoms with Crippen LogP contribution < -0.4 is 36.0 Å². The highest BCUT2D eigenvalue weighted by atomic mass is 35.5. The van der Waals surface area contributed by atoms with Gasteiger partial charge in [-0.25, -0.2) is 18.0 Å². The summed E-state index contributed by atoms with van der Waals surface area (Å²) in [6, 6.07) is 37.6. The number of carboxylic acid groups (broad SMARTS) is 1. The number of anilines is 3. The Balaban J connectivity index is 0.000000187. The number of carbonyl (C=O) groups is 8. The van der Waals surface area contributed by atoms with Crippen molar-refractivity contribution in [2.24, 2.45) is 0 Å². The van der Waals surface area contributed by atoms with Gasteiger partial charge in [-0.3, -0.25) is 58.1 Å². The van der Waals surface area contributed by atoms with E-state index in [1.807, 2.05) is 98.5 Å². The van der Waals surface area contributed by atoms with Crippen LogP contribution in [0, 0.1) is 38.2 Å². The Hall–Kier alpha value is -8.91. The van der Waals surface area contributed by atoms with Crippen molar-refractivity contribution in [2.45, 2.75) is 166 Å². The molecule has 0 bridgehead atoms. The summed E-state index contributed by atoms with van der Waals surface area (Å²) in [6.07, 6.45) is 15.6. The molecule has 3 unspecified atom stereocenters. The molecule has 6 aromatic carbocycles. The maximum Gasteiger partial charge on any atom is 0.410 e. The maximum atomic E-state index is 14.5. The minimum Gasteiger partial charge on any atom is -0.480 e. The molecule has 5 N–H and O–H groups in total. The number of amides is 7. The van der Waals surface area contributed by atoms with Gasteiger partial charge in [0.15, 0.2) is 0 Å². The molecule has 26 heteroatoms. The Morgan fingerprint density at radius 2 is 0.818 bits per heavy atom. The van der Waals surface area contributed by atoms with Gasteiger partial charge < -0.3 is 40.7 Å². The lowest BCUT2D eigenvalue weighted by Crippen LogP contribution is -2.54. The minimum absolute atomic E-state index is 0.0228. The number of alkyl halides is 2. The van der Waals surface area contributed by atoms with Crippen molar-refractivity contribution in [3.63, 3.8) is 0 Å². The predicted octanol–water partition coefficient (Wildman–Crippen LogP) is 13.0. The summed E-state index contributed by atoms with van der Waals surface area (Å²) in [5, 5.41) is 20.4. The van der Waals surface area contributed by atoms with E-state index in [-0.39, 0.29) is 84.7 Å². The van der Waals surface area contributed by atoms with Gasteiger partial charge in [0.1, 0.15) is 53.4 Å². The van der Waals surface area contributed by atoms with Crippen LogP contribution in [0.2, 0.25) is 0 Å². The lowest BCUT2D eigenvalue weighted by Gasteiger charge is -2.37. The van der Waals surface area contributed by atoms with Crippen molar-refractivity contribution in [1.29, 1.82) is 0 Å². The lowest BCUT2D eigenvalue weighted by atomic mass is 9.93. The zero-order chi connectivity index (χ0) is 78.5. The second-order valence-electron chi connectivity index (χ2n) is 28.9. The summed E-state index contributed by atoms with van der Waals surface area (Å²) < 4.78 is 53.6. The summed E-state index contributed by atoms with van der Waals surface area (Å²) in [5.41, 5.74) is 5.85. The lowest BCUT2D eigenvalue weighted by molar-refractivity contribution is -0.134. The fourth-order valence-corrected chi connectivity index (χ4v) is 15.2. The van der Waals surface area contributed by atoms with Gasteiger partial charge in [0.05, 0.1) is 26.3 Å². The summed E-state index contributed by atoms with van der Waals surface area (Å²) in [6.45, 7) is 11.9. The first-order valence-electron chi connectivity index (χ1n) is 38.5. The first-order chi connectivity index (χ1) is 53.2. The SMILES string of the molecule is Cc1ccccc1C(C(=O)NC1CCCCC1)N(C(=O)CCl)c1cccc(F)c1.Cc1ccccc1C(C(=O)NC1CCCCC1)N(C(=O)CN1CCN(C(=O)O[C@H]2CCOC2)CC1)c1cccc(F)c1.Cc1ccccc1C(C(=O)NC1CCCCC1)N(C(=O)CN1CCNCC1)c1cccc(F)c1.O=C(O)CCl. The molecule has 7 amide bonds. The van der Waals surface area contributed by atoms with Crippen LogP contribution in [0.3, 0.4) is 0 Å². The zero-order valence-corrected chi connectivity index (χ0v) is 64.7. The number of rotatable bonds is 22. The number of nitrogens with zero attached hydrogens (tertiary/aromatic N) is 6. The van der Waals surface area contributed by atoms with Crippen LogP contribution in [0.15, 0.2) is 146 Å². The van der Waals surface area contributed by atoms with Crippen molar-refractivity contribution < 1.29 is 66.1 Å². The van der Waals surface area contributed by atoms with Gasteiger partial charge in [0, 0.05) is 94.0 Å². The molecule has 3 saturated heterocycles. The van der Waals surface area contributed by atoms with Gasteiger partial charge in [-0.1, -0.05) is 149 Å². The molecule has 3 heterocycles. The topological polar surface area (TPSA) is 243 Å². The molecule has 21 nitrogen and oxygen atoms in total. The maximum absolute atomic E-state index is 14.5. The Morgan fingerprint density at radius 1 is 0.473 bits per heavy atom. The van der Waals surface area contributed by atoms with Crippen LogP contribution >= 0.6 is 23.2 Å². The quantitative estimate of drug-likeness (QED) is 0.0397. The number of nitrogens with one attached hydrogen (secondary N) is 4. The highest BCUT2D eigenvalue weighted by molar-refractivity contribution is 6.30. The third kappa shape index (κ3) is 25.1. The standard InChI is InChI=1S/C32H41FN4O5.C27H35FN4O2.C23H26ClFN2O2.C2H3ClO2/c1-23-8-5-6-13-28(23)30(31(39)34-25-10-3-2-4-11-25)37(26-12-7-9-24(33)20-26)29(38)21-35-15-17-36(18-16-35)32(40)42-27-14-19-41-22-27;1-20-8-5-6-13-24(20)26(27(34)30-22-10-3-2-4-11-22)32(23-12-7-9-21(28)18-23)25(33)19-31-16-14-29-15-17-31;1-16-8-5-6-13-20(16)22(23(29)26-18-10-3-2-4-11-18)27(21(28)15-24)19-12-7-9-17(25)14-19;3-1-2(4)5/h5-9,12-13,20,25,27,30H,2-4,10-11,14-19,21-22H2,1H3,(H,34,39);5-9,12-13,18,22,26,29H,2-4,10-11,14-17,19H2,1H3,(H,30,34);5-9,12-14,18,22H,2-4,10-11,15H2,1H3,(H,26,29);1H2,(H,4,5)/t27-,30?;;;/m0.../s1. The average molecular weight is 1560 g/mol. The summed E-state index contributed by atoms with van der Waals surface area (Å²) >= 11 is 10.6. The molecular formula is C84H105Cl2F3N10O11. The first kappa shape index (κ1) is 85.1. The number of halogens is 5. The fourth-order valence-electron chi connectivity index (χ4n) is 15.0. The van der Waals surface area contributed by atoms with Crippen LogP contribution in [0.4, 0.5) is 35.0 Å². The third-order valence-corrected chi connectivity index (χ3v) is 21.3. The van der Waals surface area contributed by atoms with E-state index in [0.29, 0.717) is 74.0 Å². The largest absolute Gasteiger partial charge is 0.480 e. The Labute approximate surface area is 653 Å². The number of piperazine rings is 2. The van der Waals surface area contributed by atoms with E-state index in [9.17, 15) is 51.5 Å². The molecule has 3 saturated carbocycles. The molecule has 3 aliphatic carbocycles. The normalized spacial score (nSPS) is 18.0. The van der Waals surface area contributed by atoms with Gasteiger partial charge in [0.25, 0.3) is 0 Å². The molecule has 6 aromatic rings. The van der Waals surface area contributed by atoms with Gasteiger partial charge in [-0.15, -0.1) is 23.2 Å². The number of aliphatic carboxylic acids is 1. The average Bonchev–Trinajstić information content (AvgIpc) is 0.798. The Bertz CT molecular complexity index is 4010. The van der Waals surface area contributed by atoms with Crippen LogP contribution in [-0.2, 0) is 43.0 Å². The molecule has 12 rings (SSSR count). The molecule has 3 aliphatic heterocycles. The second kappa shape index (κ2) is 43.6. The van der Waals surface area contributed by atoms with Crippen molar-refractivity contribution in [3.8, 4) is 0 Å². The Kier molecular flexibility index (Phi) is 33.8. The van der Waals surface area contributed by atoms with E-state index in [1.54, 1.807) is 35.2 Å². The minimum atomic E-state index is -0.980. The number of hydrogen-bond donors (Lipinski definition) is 5. The van der Waals surface area contributed by atoms with Crippen molar-refractivity contribution >= 4 is 87.8 Å². The van der Waals surface area contributed by atoms with E-state index in [0.717, 1.165) is 132 Å². The summed E-state index contributed by atoms with van der Waals surface area (Å²) in [5.74, 6) is -4.72. The molecule has 4 atom stereocenters. The molecule has 592 valence electrons. The fraction of sp³-hybridized carbons (Fsp3) is 0.476. The van der Waals surface area contributed by atoms with E-state index in [1.165, 1.54) is 70.0 Å². The van der Waals surface area contributed by atoms with Crippen molar-refractivity contribution in [1.82, 2.24) is 36.0 Å². The van der Waals surface area contributed by atoms with Crippen LogP contribution in [0.1, 0.15) is 154 Å². The van der Waals surface area contributed by atoms with Gasteiger partial charge in [-0.05, 0) is 147 Å². The molecule has 6 aliphatic rings. The highest BCUT2D eigenvalue weighted by Crippen LogP contribution is 2.36. The van der Waals surface area contributed by atoms with E-state index >= 15 is 0 Å². The monoisotopic (exact) mass is 1560 g/mol.